The molecule has 1 amide bonds. The van der Waals surface area contributed by atoms with Crippen LogP contribution in [-0.2, 0) is 22.5 Å². The standard InChI is InChI=1S/C38H38Cl2FN3O7/c1-49-33-12-11-26(17-34(33)50-2)27(18-28-29(39)20-43(48)21-30(28)40)36(37(45)46)25-9-7-23(8-10-25)19-44(32-6-4-3-5-31(32)41)38(47)51-35-22-42-15-13-24(35)14-16-42/h3-12,17,20-21,24,27,35-36H,13-16,18-19,22H2,1-2H3,(H-,45,46,48)/p+1/t27-,35+,36?/m1/s1. The predicted octanol–water partition coefficient (Wildman–Crippen LogP) is 7.11. The highest BCUT2D eigenvalue weighted by Gasteiger charge is 2.38. The summed E-state index contributed by atoms with van der Waals surface area (Å²) in [5.74, 6) is -2.32. The SMILES string of the molecule is COc1ccc([C@@H](Cc2c(Cl)c[n+](O)cc2Cl)C(C(=O)O)c2ccc(CN(C(=O)O[C@H]3CN4CCC3CC4)c3ccccc3F)cc2)cc1OC. The van der Waals surface area contributed by atoms with Gasteiger partial charge < -0.3 is 19.3 Å². The number of carboxylic acid groups (broad SMARTS) is 1. The molecule has 1 aromatic heterocycles. The Morgan fingerprint density at radius 1 is 0.961 bits per heavy atom. The summed E-state index contributed by atoms with van der Waals surface area (Å²) in [6.45, 7) is 2.63. The Bertz CT molecular complexity index is 1870. The first-order valence-corrected chi connectivity index (χ1v) is 17.4. The molecule has 51 heavy (non-hydrogen) atoms. The van der Waals surface area contributed by atoms with E-state index in [1.54, 1.807) is 54.6 Å². The number of pyridine rings is 1. The summed E-state index contributed by atoms with van der Waals surface area (Å²) in [6, 6.07) is 18.1. The lowest BCUT2D eigenvalue weighted by Crippen LogP contribution is -2.53. The van der Waals surface area contributed by atoms with Gasteiger partial charge in [-0.2, -0.15) is 0 Å². The highest BCUT2D eigenvalue weighted by molar-refractivity contribution is 6.35. The normalized spacial score (nSPS) is 19.2. The van der Waals surface area contributed by atoms with Crippen molar-refractivity contribution in [1.82, 2.24) is 4.90 Å². The number of nitrogens with zero attached hydrogens (tertiary/aromatic N) is 3. The van der Waals surface area contributed by atoms with Gasteiger partial charge in [0, 0.05) is 22.8 Å². The molecule has 3 aliphatic rings. The van der Waals surface area contributed by atoms with Crippen LogP contribution < -0.4 is 19.1 Å². The Kier molecular flexibility index (Phi) is 11.2. The molecule has 10 nitrogen and oxygen atoms in total. The second kappa shape index (κ2) is 15.8. The smallest absolute Gasteiger partial charge is 0.415 e. The minimum Gasteiger partial charge on any atom is -0.493 e. The number of anilines is 1. The zero-order chi connectivity index (χ0) is 36.2. The number of carbonyl (C=O) groups excluding carboxylic acids is 1. The number of benzene rings is 3. The first-order chi connectivity index (χ1) is 24.6. The quantitative estimate of drug-likeness (QED) is 0.117. The van der Waals surface area contributed by atoms with Crippen molar-refractivity contribution in [3.8, 4) is 11.5 Å². The molecule has 3 atom stereocenters. The zero-order valence-electron chi connectivity index (χ0n) is 28.2. The minimum atomic E-state index is -1.10. The number of para-hydroxylation sites is 1. The van der Waals surface area contributed by atoms with Crippen molar-refractivity contribution in [1.29, 1.82) is 0 Å². The fraction of sp³-hybridized carbons (Fsp3) is 0.342. The van der Waals surface area contributed by atoms with Gasteiger partial charge in [-0.05, 0) is 79.2 Å². The molecule has 13 heteroatoms. The van der Waals surface area contributed by atoms with Crippen LogP contribution in [0, 0.1) is 11.7 Å². The van der Waals surface area contributed by atoms with Crippen LogP contribution in [0.5, 0.6) is 11.5 Å². The van der Waals surface area contributed by atoms with Crippen molar-refractivity contribution in [2.45, 2.75) is 43.7 Å². The second-order valence-electron chi connectivity index (χ2n) is 12.9. The van der Waals surface area contributed by atoms with Crippen LogP contribution in [0.15, 0.2) is 79.1 Å². The molecule has 0 spiro atoms. The maximum atomic E-state index is 15.1. The maximum Gasteiger partial charge on any atom is 0.415 e. The van der Waals surface area contributed by atoms with Gasteiger partial charge in [0.1, 0.15) is 22.0 Å². The van der Waals surface area contributed by atoms with Gasteiger partial charge >= 0.3 is 12.1 Å². The molecule has 4 aromatic rings. The molecule has 0 saturated carbocycles. The summed E-state index contributed by atoms with van der Waals surface area (Å²) in [5, 5.41) is 21.0. The van der Waals surface area contributed by atoms with E-state index in [-0.39, 0.29) is 40.7 Å². The molecule has 2 bridgehead atoms. The first-order valence-electron chi connectivity index (χ1n) is 16.6. The fourth-order valence-corrected chi connectivity index (χ4v) is 7.79. The van der Waals surface area contributed by atoms with E-state index in [1.165, 1.54) is 43.6 Å². The van der Waals surface area contributed by atoms with Gasteiger partial charge in [-0.1, -0.05) is 65.7 Å². The summed E-state index contributed by atoms with van der Waals surface area (Å²) in [5.41, 5.74) is 2.28. The molecular formula is C38H39Cl2FN3O7+. The number of aromatic nitrogens is 1. The highest BCUT2D eigenvalue weighted by Crippen LogP contribution is 2.42. The number of piperidine rings is 3. The van der Waals surface area contributed by atoms with Crippen molar-refractivity contribution in [2.24, 2.45) is 5.92 Å². The number of ether oxygens (including phenoxy) is 3. The Labute approximate surface area is 305 Å². The average Bonchev–Trinajstić information content (AvgIpc) is 3.12. The highest BCUT2D eigenvalue weighted by atomic mass is 35.5. The van der Waals surface area contributed by atoms with Gasteiger partial charge in [-0.15, -0.1) is 0 Å². The number of fused-ring (bicyclic) bond motifs is 3. The Morgan fingerprint density at radius 2 is 1.61 bits per heavy atom. The molecule has 3 aliphatic heterocycles. The molecule has 0 radical (unpaired) electrons. The van der Waals surface area contributed by atoms with E-state index < -0.39 is 29.7 Å². The molecule has 3 aromatic carbocycles. The van der Waals surface area contributed by atoms with Crippen LogP contribution in [0.25, 0.3) is 0 Å². The van der Waals surface area contributed by atoms with Crippen LogP contribution in [0.3, 0.4) is 0 Å². The number of rotatable bonds is 12. The third-order valence-corrected chi connectivity index (χ3v) is 10.5. The van der Waals surface area contributed by atoms with Crippen molar-refractivity contribution in [3.05, 3.63) is 117 Å². The topological polar surface area (TPSA) is 113 Å². The summed E-state index contributed by atoms with van der Waals surface area (Å²) >= 11 is 13.0. The lowest BCUT2D eigenvalue weighted by Gasteiger charge is -2.44. The first kappa shape index (κ1) is 36.2. The van der Waals surface area contributed by atoms with Crippen LogP contribution in [0.1, 0.15) is 46.9 Å². The Hall–Kier alpha value is -4.58. The average molecular weight is 740 g/mol. The van der Waals surface area contributed by atoms with Crippen LogP contribution in [0.4, 0.5) is 14.9 Å². The molecule has 1 unspecified atom stereocenters. The molecule has 2 N–H and O–H groups in total. The van der Waals surface area contributed by atoms with Crippen molar-refractivity contribution in [2.75, 3.05) is 38.8 Å². The lowest BCUT2D eigenvalue weighted by molar-refractivity contribution is -0.904. The van der Waals surface area contributed by atoms with E-state index in [9.17, 15) is 19.9 Å². The molecule has 4 heterocycles. The molecule has 3 saturated heterocycles. The molecular weight excluding hydrogens is 700 g/mol. The molecule has 3 fully saturated rings. The van der Waals surface area contributed by atoms with Crippen LogP contribution in [-0.4, -0.2) is 67.2 Å². The van der Waals surface area contributed by atoms with Crippen molar-refractivity contribution in [3.63, 3.8) is 0 Å². The van der Waals surface area contributed by atoms with Crippen molar-refractivity contribution < 1.29 is 43.2 Å². The van der Waals surface area contributed by atoms with Gasteiger partial charge in [-0.25, -0.2) is 9.18 Å². The largest absolute Gasteiger partial charge is 0.493 e. The van der Waals surface area contributed by atoms with Gasteiger partial charge in [-0.3, -0.25) is 19.8 Å². The summed E-state index contributed by atoms with van der Waals surface area (Å²) in [6.07, 6.45) is 3.66. The predicted molar refractivity (Wildman–Crippen MR) is 189 cm³/mol. The lowest BCUT2D eigenvalue weighted by atomic mass is 9.77. The van der Waals surface area contributed by atoms with Gasteiger partial charge in [0.05, 0.1) is 32.4 Å². The van der Waals surface area contributed by atoms with Crippen LogP contribution in [0.2, 0.25) is 10.0 Å². The number of carboxylic acids is 1. The van der Waals surface area contributed by atoms with E-state index in [2.05, 4.69) is 4.90 Å². The van der Waals surface area contributed by atoms with Crippen LogP contribution >= 0.6 is 23.2 Å². The minimum absolute atomic E-state index is 0.00557. The van der Waals surface area contributed by atoms with E-state index in [4.69, 9.17) is 37.4 Å². The van der Waals surface area contributed by atoms with E-state index >= 15 is 4.39 Å². The second-order valence-corrected chi connectivity index (χ2v) is 13.7. The number of hydrogen-bond donors (Lipinski definition) is 2. The van der Waals surface area contributed by atoms with Gasteiger partial charge in [0.2, 0.25) is 12.4 Å². The van der Waals surface area contributed by atoms with Crippen molar-refractivity contribution >= 4 is 41.0 Å². The van der Waals surface area contributed by atoms with E-state index in [1.807, 2.05) is 0 Å². The molecule has 0 aliphatic carbocycles. The van der Waals surface area contributed by atoms with Gasteiger partial charge in [0.15, 0.2) is 11.5 Å². The van der Waals surface area contributed by atoms with Gasteiger partial charge in [0.25, 0.3) is 0 Å². The number of hydrogen-bond acceptors (Lipinski definition) is 7. The third-order valence-electron chi connectivity index (χ3n) is 9.89. The summed E-state index contributed by atoms with van der Waals surface area (Å²) < 4.78 is 32.8. The monoisotopic (exact) mass is 738 g/mol. The molecule has 7 rings (SSSR count). The number of aliphatic carboxylic acids is 1. The Morgan fingerprint density at radius 3 is 2.20 bits per heavy atom. The summed E-state index contributed by atoms with van der Waals surface area (Å²) in [7, 11) is 3.00. The number of methoxy groups -OCH3 is 2. The summed E-state index contributed by atoms with van der Waals surface area (Å²) in [4.78, 5) is 30.4. The number of carbonyl (C=O) groups is 2. The zero-order valence-corrected chi connectivity index (χ0v) is 29.7. The maximum absolute atomic E-state index is 15.1. The van der Waals surface area contributed by atoms with E-state index in [0.717, 1.165) is 30.7 Å². The molecule has 268 valence electrons. The Balaban J connectivity index is 1.32. The number of amides is 1. The van der Waals surface area contributed by atoms with E-state index in [0.29, 0.717) is 40.3 Å². The third kappa shape index (κ3) is 8.01. The fourth-order valence-electron chi connectivity index (χ4n) is 7.18. The number of halogens is 3.